The van der Waals surface area contributed by atoms with Gasteiger partial charge < -0.3 is 5.32 Å². The standard InChI is InChI=1S/C10H13N5/c1-7-4-5-15(14-7)10-8(2)9(11-3)12-6-13-10/h4-6H,1-3H3,(H,11,12,13). The van der Waals surface area contributed by atoms with Gasteiger partial charge in [0.25, 0.3) is 0 Å². The van der Waals surface area contributed by atoms with Crippen LogP contribution in [-0.4, -0.2) is 26.8 Å². The van der Waals surface area contributed by atoms with E-state index in [0.717, 1.165) is 22.9 Å². The van der Waals surface area contributed by atoms with Gasteiger partial charge in [-0.15, -0.1) is 0 Å². The fourth-order valence-corrected chi connectivity index (χ4v) is 1.46. The van der Waals surface area contributed by atoms with Gasteiger partial charge >= 0.3 is 0 Å². The minimum absolute atomic E-state index is 0.808. The Morgan fingerprint density at radius 2 is 2.07 bits per heavy atom. The molecule has 0 aliphatic heterocycles. The predicted octanol–water partition coefficient (Wildman–Crippen LogP) is 1.32. The van der Waals surface area contributed by atoms with E-state index in [1.165, 1.54) is 6.33 Å². The fraction of sp³-hybridized carbons (Fsp3) is 0.300. The number of hydrogen-bond acceptors (Lipinski definition) is 4. The summed E-state index contributed by atoms with van der Waals surface area (Å²) < 4.78 is 1.76. The molecule has 0 amide bonds. The van der Waals surface area contributed by atoms with Crippen LogP contribution in [0.5, 0.6) is 0 Å². The Hall–Kier alpha value is -1.91. The number of anilines is 1. The SMILES string of the molecule is CNc1ncnc(-n2ccc(C)n2)c1C. The van der Waals surface area contributed by atoms with Crippen molar-refractivity contribution in [1.29, 1.82) is 0 Å². The Bertz CT molecular complexity index is 474. The molecular weight excluding hydrogens is 190 g/mol. The highest BCUT2D eigenvalue weighted by Gasteiger charge is 2.07. The first-order chi connectivity index (χ1) is 7.22. The summed E-state index contributed by atoms with van der Waals surface area (Å²) in [5, 5.41) is 7.34. The molecule has 0 atom stereocenters. The van der Waals surface area contributed by atoms with Crippen molar-refractivity contribution in [2.24, 2.45) is 0 Å². The summed E-state index contributed by atoms with van der Waals surface area (Å²) in [5.74, 6) is 1.63. The molecule has 0 saturated heterocycles. The van der Waals surface area contributed by atoms with Crippen LogP contribution in [0.2, 0.25) is 0 Å². The molecule has 0 saturated carbocycles. The van der Waals surface area contributed by atoms with Crippen molar-refractivity contribution < 1.29 is 0 Å². The van der Waals surface area contributed by atoms with Crippen LogP contribution in [0.3, 0.4) is 0 Å². The van der Waals surface area contributed by atoms with E-state index in [0.29, 0.717) is 0 Å². The molecule has 2 aromatic heterocycles. The van der Waals surface area contributed by atoms with Crippen molar-refractivity contribution in [2.75, 3.05) is 12.4 Å². The molecule has 1 N–H and O–H groups in total. The lowest BCUT2D eigenvalue weighted by Gasteiger charge is -2.08. The zero-order valence-corrected chi connectivity index (χ0v) is 9.02. The normalized spacial score (nSPS) is 10.3. The van der Waals surface area contributed by atoms with Crippen molar-refractivity contribution >= 4 is 5.82 Å². The summed E-state index contributed by atoms with van der Waals surface area (Å²) in [6.45, 7) is 3.92. The molecule has 0 unspecified atom stereocenters. The Morgan fingerprint density at radius 3 is 2.67 bits per heavy atom. The second kappa shape index (κ2) is 3.68. The van der Waals surface area contributed by atoms with Gasteiger partial charge in [0.2, 0.25) is 0 Å². The molecule has 0 aliphatic rings. The largest absolute Gasteiger partial charge is 0.373 e. The number of aryl methyl sites for hydroxylation is 1. The van der Waals surface area contributed by atoms with Crippen molar-refractivity contribution in [3.8, 4) is 5.82 Å². The lowest BCUT2D eigenvalue weighted by atomic mass is 10.3. The van der Waals surface area contributed by atoms with E-state index in [1.54, 1.807) is 4.68 Å². The molecular formula is C10H13N5. The maximum atomic E-state index is 4.32. The Labute approximate surface area is 88.2 Å². The van der Waals surface area contributed by atoms with Gasteiger partial charge in [0.05, 0.1) is 5.69 Å². The highest BCUT2D eigenvalue weighted by Crippen LogP contribution is 2.16. The third-order valence-electron chi connectivity index (χ3n) is 2.23. The topological polar surface area (TPSA) is 55.6 Å². The Morgan fingerprint density at radius 1 is 1.27 bits per heavy atom. The van der Waals surface area contributed by atoms with E-state index in [4.69, 9.17) is 0 Å². The van der Waals surface area contributed by atoms with Crippen LogP contribution in [0.1, 0.15) is 11.3 Å². The van der Waals surface area contributed by atoms with Crippen molar-refractivity contribution in [3.63, 3.8) is 0 Å². The van der Waals surface area contributed by atoms with Gasteiger partial charge in [-0.05, 0) is 19.9 Å². The van der Waals surface area contributed by atoms with Gasteiger partial charge in [0, 0.05) is 18.8 Å². The molecule has 0 bridgehead atoms. The number of aromatic nitrogens is 4. The second-order valence-electron chi connectivity index (χ2n) is 3.32. The zero-order chi connectivity index (χ0) is 10.8. The van der Waals surface area contributed by atoms with Gasteiger partial charge in [-0.25, -0.2) is 14.6 Å². The molecule has 2 aromatic rings. The van der Waals surface area contributed by atoms with E-state index in [9.17, 15) is 0 Å². The Balaban J connectivity index is 2.53. The summed E-state index contributed by atoms with van der Waals surface area (Å²) in [5.41, 5.74) is 1.96. The van der Waals surface area contributed by atoms with E-state index < -0.39 is 0 Å². The van der Waals surface area contributed by atoms with Crippen LogP contribution in [0, 0.1) is 13.8 Å². The minimum Gasteiger partial charge on any atom is -0.373 e. The van der Waals surface area contributed by atoms with Crippen molar-refractivity contribution in [1.82, 2.24) is 19.7 Å². The molecule has 5 nitrogen and oxygen atoms in total. The number of nitrogens with zero attached hydrogens (tertiary/aromatic N) is 4. The van der Waals surface area contributed by atoms with Crippen LogP contribution in [0.25, 0.3) is 5.82 Å². The third kappa shape index (κ3) is 1.68. The van der Waals surface area contributed by atoms with Crippen LogP contribution in [0.4, 0.5) is 5.82 Å². The molecule has 0 aliphatic carbocycles. The monoisotopic (exact) mass is 203 g/mol. The summed E-state index contributed by atoms with van der Waals surface area (Å²) in [7, 11) is 1.84. The predicted molar refractivity (Wildman–Crippen MR) is 58.2 cm³/mol. The number of hydrogen-bond donors (Lipinski definition) is 1. The van der Waals surface area contributed by atoms with Gasteiger partial charge in [-0.3, -0.25) is 0 Å². The maximum absolute atomic E-state index is 4.32. The molecule has 0 spiro atoms. The molecule has 0 radical (unpaired) electrons. The molecule has 2 rings (SSSR count). The van der Waals surface area contributed by atoms with Crippen molar-refractivity contribution in [2.45, 2.75) is 13.8 Å². The zero-order valence-electron chi connectivity index (χ0n) is 9.02. The molecule has 0 aromatic carbocycles. The highest BCUT2D eigenvalue weighted by molar-refractivity contribution is 5.49. The van der Waals surface area contributed by atoms with E-state index in [-0.39, 0.29) is 0 Å². The van der Waals surface area contributed by atoms with E-state index >= 15 is 0 Å². The molecule has 15 heavy (non-hydrogen) atoms. The van der Waals surface area contributed by atoms with Crippen LogP contribution in [0.15, 0.2) is 18.6 Å². The summed E-state index contributed by atoms with van der Waals surface area (Å²) in [6.07, 6.45) is 3.43. The molecule has 0 fully saturated rings. The number of rotatable bonds is 2. The maximum Gasteiger partial charge on any atom is 0.161 e. The van der Waals surface area contributed by atoms with E-state index in [1.807, 2.05) is 33.2 Å². The molecule has 78 valence electrons. The molecule has 5 heteroatoms. The van der Waals surface area contributed by atoms with Gasteiger partial charge in [-0.2, -0.15) is 5.10 Å². The van der Waals surface area contributed by atoms with Crippen molar-refractivity contribution in [3.05, 3.63) is 29.8 Å². The first kappa shape index (κ1) is 9.64. The average molecular weight is 203 g/mol. The lowest BCUT2D eigenvalue weighted by Crippen LogP contribution is -2.05. The van der Waals surface area contributed by atoms with Gasteiger partial charge in [0.1, 0.15) is 12.1 Å². The third-order valence-corrected chi connectivity index (χ3v) is 2.23. The summed E-state index contributed by atoms with van der Waals surface area (Å²) in [4.78, 5) is 8.35. The van der Waals surface area contributed by atoms with Crippen LogP contribution in [-0.2, 0) is 0 Å². The average Bonchev–Trinajstić information content (AvgIpc) is 2.65. The van der Waals surface area contributed by atoms with E-state index in [2.05, 4.69) is 20.4 Å². The smallest absolute Gasteiger partial charge is 0.161 e. The van der Waals surface area contributed by atoms with Gasteiger partial charge in [-0.1, -0.05) is 0 Å². The van der Waals surface area contributed by atoms with Crippen LogP contribution >= 0.6 is 0 Å². The Kier molecular flexibility index (Phi) is 2.37. The van der Waals surface area contributed by atoms with Gasteiger partial charge in [0.15, 0.2) is 5.82 Å². The second-order valence-corrected chi connectivity index (χ2v) is 3.32. The first-order valence-corrected chi connectivity index (χ1v) is 4.74. The van der Waals surface area contributed by atoms with Crippen LogP contribution < -0.4 is 5.32 Å². The highest BCUT2D eigenvalue weighted by atomic mass is 15.3. The fourth-order valence-electron chi connectivity index (χ4n) is 1.46. The lowest BCUT2D eigenvalue weighted by molar-refractivity contribution is 0.817. The number of nitrogens with one attached hydrogen (secondary N) is 1. The minimum atomic E-state index is 0.808. The summed E-state index contributed by atoms with van der Waals surface area (Å²) >= 11 is 0. The first-order valence-electron chi connectivity index (χ1n) is 4.74. The quantitative estimate of drug-likeness (QED) is 0.799. The molecule has 2 heterocycles. The summed E-state index contributed by atoms with van der Waals surface area (Å²) in [6, 6.07) is 1.95.